The number of hydrogen-bond donors (Lipinski definition) is 2. The number of rotatable bonds is 5. The number of aldehydes is 1. The molecule has 0 radical (unpaired) electrons. The molecule has 0 aromatic heterocycles. The third-order valence-corrected chi connectivity index (χ3v) is 4.22. The van der Waals surface area contributed by atoms with E-state index in [1.54, 1.807) is 0 Å². The number of fused-ring (bicyclic) bond motifs is 4. The van der Waals surface area contributed by atoms with E-state index in [0.29, 0.717) is 25.7 Å². The van der Waals surface area contributed by atoms with E-state index in [9.17, 15) is 14.7 Å². The maximum absolute atomic E-state index is 11.0. The summed E-state index contributed by atoms with van der Waals surface area (Å²) in [7, 11) is 0. The van der Waals surface area contributed by atoms with Crippen LogP contribution in [0.5, 0.6) is 0 Å². The number of carbonyl (C=O) groups is 2. The van der Waals surface area contributed by atoms with Gasteiger partial charge in [-0.25, -0.2) is 0 Å². The molecule has 2 aliphatic rings. The zero-order valence-corrected chi connectivity index (χ0v) is 11.7. The van der Waals surface area contributed by atoms with Crippen molar-refractivity contribution in [2.75, 3.05) is 11.9 Å². The summed E-state index contributed by atoms with van der Waals surface area (Å²) in [6.07, 6.45) is 2.49. The molecule has 3 atom stereocenters. The van der Waals surface area contributed by atoms with Crippen LogP contribution in [0, 0.1) is 0 Å². The van der Waals surface area contributed by atoms with Crippen molar-refractivity contribution in [2.45, 2.75) is 43.9 Å². The summed E-state index contributed by atoms with van der Waals surface area (Å²) in [6.45, 7) is 0.361. The van der Waals surface area contributed by atoms with Crippen molar-refractivity contribution in [3.8, 4) is 0 Å². The Morgan fingerprint density at radius 1 is 1.48 bits per heavy atom. The van der Waals surface area contributed by atoms with Gasteiger partial charge in [0.05, 0.1) is 24.9 Å². The molecule has 2 bridgehead atoms. The van der Waals surface area contributed by atoms with Crippen LogP contribution in [0.4, 0.5) is 5.69 Å². The smallest absolute Gasteiger partial charge is 0.195 e. The Morgan fingerprint density at radius 3 is 3.14 bits per heavy atom. The first-order chi connectivity index (χ1) is 10.2. The first-order valence-electron chi connectivity index (χ1n) is 7.34. The van der Waals surface area contributed by atoms with Crippen molar-refractivity contribution < 1.29 is 19.4 Å². The molecule has 2 aliphatic heterocycles. The second-order valence-corrected chi connectivity index (χ2v) is 5.74. The molecule has 2 heterocycles. The second kappa shape index (κ2) is 5.95. The largest absolute Gasteiger partial charge is 0.389 e. The van der Waals surface area contributed by atoms with E-state index in [2.05, 4.69) is 11.4 Å². The summed E-state index contributed by atoms with van der Waals surface area (Å²) in [5.41, 5.74) is 3.28. The fraction of sp³-hybridized carbons (Fsp3) is 0.500. The average Bonchev–Trinajstić information content (AvgIpc) is 2.51. The van der Waals surface area contributed by atoms with Gasteiger partial charge >= 0.3 is 0 Å². The van der Waals surface area contributed by atoms with E-state index in [1.807, 2.05) is 12.1 Å². The molecule has 5 nitrogen and oxygen atoms in total. The maximum Gasteiger partial charge on any atom is 0.195 e. The number of nitrogens with one attached hydrogen (secondary N) is 1. The SMILES string of the molecule is O=CC(=O)CCCc1ccc2c(c1)[C@H]1C[C@@H](N2)[C@H](O)CO1. The van der Waals surface area contributed by atoms with E-state index in [1.165, 1.54) is 0 Å². The Balaban J connectivity index is 1.70. The molecule has 3 rings (SSSR count). The number of benzene rings is 1. The van der Waals surface area contributed by atoms with Gasteiger partial charge in [0.1, 0.15) is 0 Å². The summed E-state index contributed by atoms with van der Waals surface area (Å²) in [4.78, 5) is 21.3. The molecule has 1 fully saturated rings. The molecular formula is C16H19NO4. The van der Waals surface area contributed by atoms with Gasteiger partial charge in [0, 0.05) is 24.1 Å². The molecule has 112 valence electrons. The highest BCUT2D eigenvalue weighted by molar-refractivity contribution is 6.24. The van der Waals surface area contributed by atoms with Gasteiger partial charge in [-0.3, -0.25) is 9.59 Å². The van der Waals surface area contributed by atoms with Gasteiger partial charge in [0.2, 0.25) is 0 Å². The predicted molar refractivity (Wildman–Crippen MR) is 77.2 cm³/mol. The van der Waals surface area contributed by atoms with Gasteiger partial charge in [0.15, 0.2) is 12.1 Å². The van der Waals surface area contributed by atoms with E-state index in [4.69, 9.17) is 4.74 Å². The molecule has 21 heavy (non-hydrogen) atoms. The van der Waals surface area contributed by atoms with Gasteiger partial charge in [-0.2, -0.15) is 0 Å². The van der Waals surface area contributed by atoms with Crippen LogP contribution in [0.2, 0.25) is 0 Å². The van der Waals surface area contributed by atoms with Crippen molar-refractivity contribution in [3.05, 3.63) is 29.3 Å². The topological polar surface area (TPSA) is 75.6 Å². The first-order valence-corrected chi connectivity index (χ1v) is 7.34. The van der Waals surface area contributed by atoms with E-state index in [-0.39, 0.29) is 17.9 Å². The zero-order valence-electron chi connectivity index (χ0n) is 11.7. The fourth-order valence-corrected chi connectivity index (χ4v) is 3.05. The van der Waals surface area contributed by atoms with Crippen molar-refractivity contribution in [2.24, 2.45) is 0 Å². The van der Waals surface area contributed by atoms with Crippen LogP contribution in [0.1, 0.15) is 36.5 Å². The number of aliphatic hydroxyl groups excluding tert-OH is 1. The molecular weight excluding hydrogens is 270 g/mol. The molecule has 0 spiro atoms. The normalized spacial score (nSPS) is 26.6. The Kier molecular flexibility index (Phi) is 4.03. The van der Waals surface area contributed by atoms with Crippen LogP contribution < -0.4 is 5.32 Å². The number of anilines is 1. The van der Waals surface area contributed by atoms with Crippen molar-refractivity contribution >= 4 is 17.8 Å². The molecule has 1 aromatic carbocycles. The number of ether oxygens (including phenoxy) is 1. The first kappa shape index (κ1) is 14.2. The highest BCUT2D eigenvalue weighted by Crippen LogP contribution is 2.39. The third-order valence-electron chi connectivity index (χ3n) is 4.22. The molecule has 5 heteroatoms. The lowest BCUT2D eigenvalue weighted by Gasteiger charge is -2.40. The maximum atomic E-state index is 11.0. The number of hydrogen-bond acceptors (Lipinski definition) is 5. The molecule has 0 unspecified atom stereocenters. The Morgan fingerprint density at radius 2 is 2.33 bits per heavy atom. The van der Waals surface area contributed by atoms with Gasteiger partial charge in [-0.15, -0.1) is 0 Å². The molecule has 0 aliphatic carbocycles. The van der Waals surface area contributed by atoms with Crippen LogP contribution in [0.25, 0.3) is 0 Å². The van der Waals surface area contributed by atoms with Crippen molar-refractivity contribution in [3.63, 3.8) is 0 Å². The van der Waals surface area contributed by atoms with E-state index < -0.39 is 6.10 Å². The Hall–Kier alpha value is -1.72. The monoisotopic (exact) mass is 289 g/mol. The number of ketones is 1. The van der Waals surface area contributed by atoms with Crippen LogP contribution in [0.15, 0.2) is 18.2 Å². The van der Waals surface area contributed by atoms with Gasteiger partial charge in [-0.05, 0) is 24.5 Å². The lowest BCUT2D eigenvalue weighted by molar-refractivity contribution is -0.129. The Bertz CT molecular complexity index is 557. The highest BCUT2D eigenvalue weighted by atomic mass is 16.5. The van der Waals surface area contributed by atoms with Gasteiger partial charge in [0.25, 0.3) is 0 Å². The summed E-state index contributed by atoms with van der Waals surface area (Å²) >= 11 is 0. The van der Waals surface area contributed by atoms with Gasteiger partial charge in [-0.1, -0.05) is 12.1 Å². The second-order valence-electron chi connectivity index (χ2n) is 5.74. The number of aryl methyl sites for hydroxylation is 1. The van der Waals surface area contributed by atoms with Crippen molar-refractivity contribution in [1.82, 2.24) is 0 Å². The summed E-state index contributed by atoms with van der Waals surface area (Å²) in [5, 5.41) is 13.2. The number of Topliss-reactive ketones (excluding diaryl/α,β-unsaturated/α-hetero) is 1. The lowest BCUT2D eigenvalue weighted by atomic mass is 9.88. The highest BCUT2D eigenvalue weighted by Gasteiger charge is 2.36. The molecule has 1 aromatic rings. The fourth-order valence-electron chi connectivity index (χ4n) is 3.05. The summed E-state index contributed by atoms with van der Waals surface area (Å²) in [6, 6.07) is 6.19. The Labute approximate surface area is 123 Å². The van der Waals surface area contributed by atoms with E-state index in [0.717, 1.165) is 29.7 Å². The lowest BCUT2D eigenvalue weighted by Crippen LogP contribution is -2.45. The van der Waals surface area contributed by atoms with Crippen LogP contribution in [-0.2, 0) is 20.7 Å². The minimum atomic E-state index is -0.455. The predicted octanol–water partition coefficient (Wildman–Crippen LogP) is 1.39. The summed E-state index contributed by atoms with van der Waals surface area (Å²) in [5.74, 6) is -0.345. The van der Waals surface area contributed by atoms with E-state index >= 15 is 0 Å². The van der Waals surface area contributed by atoms with Gasteiger partial charge < -0.3 is 15.2 Å². The third kappa shape index (κ3) is 2.99. The minimum Gasteiger partial charge on any atom is -0.389 e. The standard InChI is InChI=1S/C16H19NO4/c18-8-11(19)3-1-2-10-4-5-13-12(6-10)16-7-14(17-13)15(20)9-21-16/h4-6,8,14-17,20H,1-3,7,9H2/t14-,15-,16-/m1/s1. The average molecular weight is 289 g/mol. The number of carbonyl (C=O) groups excluding carboxylic acids is 2. The molecule has 0 saturated carbocycles. The number of aliphatic hydroxyl groups is 1. The quantitative estimate of drug-likeness (QED) is 0.633. The molecule has 2 N–H and O–H groups in total. The van der Waals surface area contributed by atoms with Crippen LogP contribution >= 0.6 is 0 Å². The van der Waals surface area contributed by atoms with Crippen LogP contribution in [-0.4, -0.2) is 35.9 Å². The van der Waals surface area contributed by atoms with Crippen molar-refractivity contribution in [1.29, 1.82) is 0 Å². The minimum absolute atomic E-state index is 0.0335. The summed E-state index contributed by atoms with van der Waals surface area (Å²) < 4.78 is 5.71. The molecule has 0 amide bonds. The zero-order chi connectivity index (χ0) is 14.8. The molecule has 1 saturated heterocycles. The van der Waals surface area contributed by atoms with Crippen LogP contribution in [0.3, 0.4) is 0 Å².